The van der Waals surface area contributed by atoms with Crippen LogP contribution in [0.25, 0.3) is 0 Å². The van der Waals surface area contributed by atoms with E-state index in [1.165, 1.54) is 45.1 Å². The normalized spacial score (nSPS) is 22.5. The molecule has 2 fully saturated rings. The Labute approximate surface area is 93.7 Å². The van der Waals surface area contributed by atoms with Gasteiger partial charge in [-0.3, -0.25) is 4.90 Å². The minimum Gasteiger partial charge on any atom is -0.313 e. The van der Waals surface area contributed by atoms with E-state index in [9.17, 15) is 0 Å². The van der Waals surface area contributed by atoms with E-state index >= 15 is 0 Å². The predicted octanol–water partition coefficient (Wildman–Crippen LogP) is 2.17. The van der Waals surface area contributed by atoms with Gasteiger partial charge in [-0.2, -0.15) is 0 Å². The van der Waals surface area contributed by atoms with Crippen LogP contribution in [0.5, 0.6) is 0 Å². The third-order valence-electron chi connectivity index (χ3n) is 3.61. The van der Waals surface area contributed by atoms with Gasteiger partial charge in [0.05, 0.1) is 0 Å². The molecule has 2 rings (SSSR count). The largest absolute Gasteiger partial charge is 0.313 e. The van der Waals surface area contributed by atoms with Crippen molar-refractivity contribution in [2.45, 2.75) is 50.6 Å². The van der Waals surface area contributed by atoms with Crippen LogP contribution in [0.3, 0.4) is 0 Å². The van der Waals surface area contributed by atoms with E-state index in [2.05, 4.69) is 16.8 Å². The summed E-state index contributed by atoms with van der Waals surface area (Å²) in [5.74, 6) is 0. The summed E-state index contributed by atoms with van der Waals surface area (Å²) in [7, 11) is 0. The Morgan fingerprint density at radius 2 is 1.93 bits per heavy atom. The van der Waals surface area contributed by atoms with Gasteiger partial charge in [0.2, 0.25) is 0 Å². The second kappa shape index (κ2) is 5.66. The second-order valence-corrected chi connectivity index (χ2v) is 4.95. The maximum absolute atomic E-state index is 3.83. The van der Waals surface area contributed by atoms with Crippen LogP contribution in [0, 0.1) is 0 Å². The molecular formula is C13H24N2. The zero-order valence-electron chi connectivity index (χ0n) is 9.75. The average Bonchev–Trinajstić information content (AvgIpc) is 2.96. The first-order chi connectivity index (χ1) is 7.40. The molecule has 2 heteroatoms. The van der Waals surface area contributed by atoms with Crippen LogP contribution in [0.2, 0.25) is 0 Å². The van der Waals surface area contributed by atoms with E-state index in [-0.39, 0.29) is 0 Å². The van der Waals surface area contributed by atoms with Crippen LogP contribution in [0.15, 0.2) is 12.7 Å². The van der Waals surface area contributed by atoms with E-state index in [1.54, 1.807) is 0 Å². The van der Waals surface area contributed by atoms with Gasteiger partial charge in [-0.05, 0) is 25.7 Å². The Morgan fingerprint density at radius 1 is 1.20 bits per heavy atom. The topological polar surface area (TPSA) is 15.3 Å². The SMILES string of the molecule is C=CCN(CCNC1CCCC1)C1CC1. The fourth-order valence-corrected chi connectivity index (χ4v) is 2.57. The zero-order valence-corrected chi connectivity index (χ0v) is 9.75. The Bertz CT molecular complexity index is 193. The van der Waals surface area contributed by atoms with Gasteiger partial charge in [-0.15, -0.1) is 6.58 Å². The lowest BCUT2D eigenvalue weighted by molar-refractivity contribution is 0.285. The summed E-state index contributed by atoms with van der Waals surface area (Å²) in [6.45, 7) is 7.26. The Kier molecular flexibility index (Phi) is 4.21. The van der Waals surface area contributed by atoms with Crippen LogP contribution >= 0.6 is 0 Å². The number of hydrogen-bond donors (Lipinski definition) is 1. The monoisotopic (exact) mass is 208 g/mol. The summed E-state index contributed by atoms with van der Waals surface area (Å²) >= 11 is 0. The molecule has 0 aromatic carbocycles. The van der Waals surface area contributed by atoms with Crippen molar-refractivity contribution in [3.05, 3.63) is 12.7 Å². The maximum atomic E-state index is 3.83. The molecule has 0 amide bonds. The highest BCUT2D eigenvalue weighted by atomic mass is 15.2. The van der Waals surface area contributed by atoms with Crippen LogP contribution in [0.1, 0.15) is 38.5 Å². The summed E-state index contributed by atoms with van der Waals surface area (Å²) in [6, 6.07) is 1.68. The molecule has 0 saturated heterocycles. The van der Waals surface area contributed by atoms with E-state index in [0.717, 1.165) is 25.2 Å². The van der Waals surface area contributed by atoms with Crippen molar-refractivity contribution in [1.29, 1.82) is 0 Å². The van der Waals surface area contributed by atoms with Gasteiger partial charge in [0, 0.05) is 31.7 Å². The predicted molar refractivity (Wildman–Crippen MR) is 65.1 cm³/mol. The number of nitrogens with zero attached hydrogens (tertiary/aromatic N) is 1. The molecule has 0 atom stereocenters. The summed E-state index contributed by atoms with van der Waals surface area (Å²) < 4.78 is 0. The van der Waals surface area contributed by atoms with Crippen molar-refractivity contribution in [2.75, 3.05) is 19.6 Å². The van der Waals surface area contributed by atoms with Gasteiger partial charge >= 0.3 is 0 Å². The molecule has 0 bridgehead atoms. The molecule has 0 radical (unpaired) electrons. The van der Waals surface area contributed by atoms with E-state index < -0.39 is 0 Å². The van der Waals surface area contributed by atoms with Gasteiger partial charge in [0.25, 0.3) is 0 Å². The third-order valence-corrected chi connectivity index (χ3v) is 3.61. The summed E-state index contributed by atoms with van der Waals surface area (Å²) in [5, 5.41) is 3.68. The maximum Gasteiger partial charge on any atom is 0.0164 e. The number of rotatable bonds is 7. The first-order valence-electron chi connectivity index (χ1n) is 6.48. The second-order valence-electron chi connectivity index (χ2n) is 4.95. The van der Waals surface area contributed by atoms with Crippen molar-refractivity contribution in [1.82, 2.24) is 10.2 Å². The van der Waals surface area contributed by atoms with Crippen LogP contribution in [-0.2, 0) is 0 Å². The molecule has 2 saturated carbocycles. The molecule has 2 nitrogen and oxygen atoms in total. The van der Waals surface area contributed by atoms with Crippen molar-refractivity contribution in [3.63, 3.8) is 0 Å². The molecule has 86 valence electrons. The molecule has 1 N–H and O–H groups in total. The van der Waals surface area contributed by atoms with Gasteiger partial charge < -0.3 is 5.32 Å². The number of hydrogen-bond acceptors (Lipinski definition) is 2. The zero-order chi connectivity index (χ0) is 10.5. The summed E-state index contributed by atoms with van der Waals surface area (Å²) in [5.41, 5.74) is 0. The minimum absolute atomic E-state index is 0.815. The van der Waals surface area contributed by atoms with Gasteiger partial charge in [-0.1, -0.05) is 18.9 Å². The quantitative estimate of drug-likeness (QED) is 0.645. The van der Waals surface area contributed by atoms with Crippen LogP contribution < -0.4 is 5.32 Å². The highest BCUT2D eigenvalue weighted by Crippen LogP contribution is 2.26. The fraction of sp³-hybridized carbons (Fsp3) is 0.846. The van der Waals surface area contributed by atoms with E-state index in [1.807, 2.05) is 6.08 Å². The Morgan fingerprint density at radius 3 is 2.53 bits per heavy atom. The van der Waals surface area contributed by atoms with E-state index in [0.29, 0.717) is 0 Å². The van der Waals surface area contributed by atoms with Gasteiger partial charge in [-0.25, -0.2) is 0 Å². The fourth-order valence-electron chi connectivity index (χ4n) is 2.57. The van der Waals surface area contributed by atoms with Crippen molar-refractivity contribution in [2.24, 2.45) is 0 Å². The van der Waals surface area contributed by atoms with Gasteiger partial charge in [0.15, 0.2) is 0 Å². The Hall–Kier alpha value is -0.340. The lowest BCUT2D eigenvalue weighted by Gasteiger charge is -2.21. The highest BCUT2D eigenvalue weighted by Gasteiger charge is 2.27. The molecule has 2 aliphatic carbocycles. The molecule has 0 aromatic heterocycles. The van der Waals surface area contributed by atoms with Gasteiger partial charge in [0.1, 0.15) is 0 Å². The smallest absolute Gasteiger partial charge is 0.0164 e. The lowest BCUT2D eigenvalue weighted by atomic mass is 10.2. The van der Waals surface area contributed by atoms with Crippen molar-refractivity contribution in [3.8, 4) is 0 Å². The van der Waals surface area contributed by atoms with Crippen molar-refractivity contribution >= 4 is 0 Å². The third kappa shape index (κ3) is 3.62. The summed E-state index contributed by atoms with van der Waals surface area (Å²) in [4.78, 5) is 2.56. The first kappa shape index (κ1) is 11.2. The minimum atomic E-state index is 0.815. The molecule has 0 aliphatic heterocycles. The summed E-state index contributed by atoms with van der Waals surface area (Å²) in [6.07, 6.45) is 10.5. The molecule has 0 spiro atoms. The number of nitrogens with one attached hydrogen (secondary N) is 1. The average molecular weight is 208 g/mol. The Balaban J connectivity index is 1.59. The standard InChI is InChI=1S/C13H24N2/c1-2-10-15(13-7-8-13)11-9-14-12-5-3-4-6-12/h2,12-14H,1,3-11H2. The lowest BCUT2D eigenvalue weighted by Crippen LogP contribution is -2.37. The molecule has 0 unspecified atom stereocenters. The molecule has 15 heavy (non-hydrogen) atoms. The molecule has 0 aromatic rings. The first-order valence-corrected chi connectivity index (χ1v) is 6.48. The van der Waals surface area contributed by atoms with Crippen molar-refractivity contribution < 1.29 is 0 Å². The molecular weight excluding hydrogens is 184 g/mol. The molecule has 0 heterocycles. The van der Waals surface area contributed by atoms with E-state index in [4.69, 9.17) is 0 Å². The van der Waals surface area contributed by atoms with Crippen LogP contribution in [-0.4, -0.2) is 36.6 Å². The van der Waals surface area contributed by atoms with Crippen LogP contribution in [0.4, 0.5) is 0 Å². The molecule has 2 aliphatic rings. The highest BCUT2D eigenvalue weighted by molar-refractivity contribution is 4.88.